The summed E-state index contributed by atoms with van der Waals surface area (Å²) in [5.41, 5.74) is 0. The van der Waals surface area contributed by atoms with E-state index in [-0.39, 0.29) is 0 Å². The summed E-state index contributed by atoms with van der Waals surface area (Å²) < 4.78 is 26.8. The SMILES string of the molecule is CCC(C(=O)O)(C(O)O)S(=O)(=O)O. The molecule has 0 aromatic rings. The number of carboxylic acids is 1. The summed E-state index contributed by atoms with van der Waals surface area (Å²) in [5.74, 6) is -2.01. The fourth-order valence-corrected chi connectivity index (χ4v) is 1.72. The zero-order valence-corrected chi connectivity index (χ0v) is 7.52. The standard InChI is InChI=1S/C5H10O7S/c1-2-5(3(6)7,4(8)9)13(10,11)12/h3,6-7H,2H2,1H3,(H,8,9)(H,10,11,12). The lowest BCUT2D eigenvalue weighted by Gasteiger charge is -2.25. The maximum atomic E-state index is 10.6. The molecule has 0 amide bonds. The van der Waals surface area contributed by atoms with E-state index in [9.17, 15) is 13.2 Å². The van der Waals surface area contributed by atoms with Crippen LogP contribution in [0.2, 0.25) is 0 Å². The highest BCUT2D eigenvalue weighted by molar-refractivity contribution is 7.88. The highest BCUT2D eigenvalue weighted by Crippen LogP contribution is 2.24. The number of aliphatic hydroxyl groups is 2. The molecule has 0 aliphatic carbocycles. The molecule has 0 rings (SSSR count). The minimum absolute atomic E-state index is 0.654. The monoisotopic (exact) mass is 214 g/mol. The summed E-state index contributed by atoms with van der Waals surface area (Å²) >= 11 is 0. The van der Waals surface area contributed by atoms with Gasteiger partial charge in [0.15, 0.2) is 6.29 Å². The molecule has 0 saturated heterocycles. The van der Waals surface area contributed by atoms with Gasteiger partial charge in [-0.2, -0.15) is 8.42 Å². The topological polar surface area (TPSA) is 132 Å². The van der Waals surface area contributed by atoms with E-state index < -0.39 is 33.5 Å². The molecule has 0 spiro atoms. The molecule has 13 heavy (non-hydrogen) atoms. The maximum Gasteiger partial charge on any atom is 0.332 e. The second-order valence-electron chi connectivity index (χ2n) is 2.40. The third kappa shape index (κ3) is 1.80. The lowest BCUT2D eigenvalue weighted by molar-refractivity contribution is -0.154. The largest absolute Gasteiger partial charge is 0.480 e. The van der Waals surface area contributed by atoms with Crippen LogP contribution in [0, 0.1) is 0 Å². The van der Waals surface area contributed by atoms with Crippen molar-refractivity contribution in [1.29, 1.82) is 0 Å². The first kappa shape index (κ1) is 12.3. The van der Waals surface area contributed by atoms with Crippen LogP contribution in [0.1, 0.15) is 13.3 Å². The third-order valence-electron chi connectivity index (χ3n) is 1.76. The minimum Gasteiger partial charge on any atom is -0.480 e. The van der Waals surface area contributed by atoms with E-state index in [0.29, 0.717) is 0 Å². The minimum atomic E-state index is -5.07. The van der Waals surface area contributed by atoms with Crippen molar-refractivity contribution in [2.24, 2.45) is 0 Å². The zero-order chi connectivity index (χ0) is 10.9. The van der Waals surface area contributed by atoms with Gasteiger partial charge in [-0.15, -0.1) is 0 Å². The van der Waals surface area contributed by atoms with Crippen molar-refractivity contribution in [2.45, 2.75) is 24.4 Å². The molecule has 0 aromatic heterocycles. The van der Waals surface area contributed by atoms with Gasteiger partial charge >= 0.3 is 5.97 Å². The van der Waals surface area contributed by atoms with Gasteiger partial charge in [0.05, 0.1) is 0 Å². The smallest absolute Gasteiger partial charge is 0.332 e. The highest BCUT2D eigenvalue weighted by Gasteiger charge is 2.55. The van der Waals surface area contributed by atoms with Gasteiger partial charge in [0, 0.05) is 0 Å². The lowest BCUT2D eigenvalue weighted by Crippen LogP contribution is -2.55. The molecule has 0 aliphatic rings. The van der Waals surface area contributed by atoms with E-state index in [1.807, 2.05) is 0 Å². The van der Waals surface area contributed by atoms with Crippen LogP contribution in [0.25, 0.3) is 0 Å². The molecule has 1 unspecified atom stereocenters. The van der Waals surface area contributed by atoms with Crippen molar-refractivity contribution in [3.63, 3.8) is 0 Å². The van der Waals surface area contributed by atoms with E-state index in [4.69, 9.17) is 19.9 Å². The van der Waals surface area contributed by atoms with Gasteiger partial charge < -0.3 is 15.3 Å². The first-order chi connectivity index (χ1) is 5.70. The predicted octanol–water partition coefficient (Wildman–Crippen LogP) is -1.58. The zero-order valence-electron chi connectivity index (χ0n) is 6.71. The number of carbonyl (C=O) groups is 1. The van der Waals surface area contributed by atoms with E-state index >= 15 is 0 Å². The number of aliphatic hydroxyl groups excluding tert-OH is 1. The Morgan fingerprint density at radius 2 is 1.85 bits per heavy atom. The Labute approximate surface area is 74.4 Å². The Bertz CT molecular complexity index is 292. The van der Waals surface area contributed by atoms with Crippen LogP contribution in [-0.2, 0) is 14.9 Å². The summed E-state index contributed by atoms with van der Waals surface area (Å²) in [7, 11) is -5.07. The van der Waals surface area contributed by atoms with Crippen LogP contribution in [0.3, 0.4) is 0 Å². The van der Waals surface area contributed by atoms with Crippen molar-refractivity contribution in [3.05, 3.63) is 0 Å². The maximum absolute atomic E-state index is 10.6. The van der Waals surface area contributed by atoms with Crippen LogP contribution >= 0.6 is 0 Å². The quantitative estimate of drug-likeness (QED) is 0.328. The number of rotatable bonds is 4. The first-order valence-corrected chi connectivity index (χ1v) is 4.70. The predicted molar refractivity (Wildman–Crippen MR) is 40.4 cm³/mol. The molecule has 0 aromatic carbocycles. The van der Waals surface area contributed by atoms with E-state index in [0.717, 1.165) is 6.92 Å². The van der Waals surface area contributed by atoms with Crippen molar-refractivity contribution in [2.75, 3.05) is 0 Å². The molecule has 7 nitrogen and oxygen atoms in total. The Balaban J connectivity index is 5.53. The lowest BCUT2D eigenvalue weighted by atomic mass is 10.1. The average Bonchev–Trinajstić information content (AvgIpc) is 1.83. The van der Waals surface area contributed by atoms with Crippen LogP contribution in [0.15, 0.2) is 0 Å². The van der Waals surface area contributed by atoms with Gasteiger partial charge in [-0.3, -0.25) is 9.35 Å². The van der Waals surface area contributed by atoms with Crippen LogP contribution < -0.4 is 0 Å². The third-order valence-corrected chi connectivity index (χ3v) is 3.36. The molecular weight excluding hydrogens is 204 g/mol. The fraction of sp³-hybridized carbons (Fsp3) is 0.800. The molecule has 1 atom stereocenters. The van der Waals surface area contributed by atoms with Crippen LogP contribution in [0.4, 0.5) is 0 Å². The van der Waals surface area contributed by atoms with Crippen molar-refractivity contribution in [3.8, 4) is 0 Å². The second-order valence-corrected chi connectivity index (χ2v) is 4.08. The van der Waals surface area contributed by atoms with Crippen molar-refractivity contribution < 1.29 is 33.1 Å². The van der Waals surface area contributed by atoms with E-state index in [2.05, 4.69) is 0 Å². The summed E-state index contributed by atoms with van der Waals surface area (Å²) in [6.07, 6.45) is -3.33. The van der Waals surface area contributed by atoms with Gasteiger partial charge in [-0.05, 0) is 6.42 Å². The molecular formula is C5H10O7S. The molecule has 78 valence electrons. The molecule has 0 fully saturated rings. The number of hydrogen-bond donors (Lipinski definition) is 4. The van der Waals surface area contributed by atoms with Crippen LogP contribution in [0.5, 0.6) is 0 Å². The van der Waals surface area contributed by atoms with Crippen LogP contribution in [-0.4, -0.2) is 45.3 Å². The number of hydrogen-bond acceptors (Lipinski definition) is 5. The van der Waals surface area contributed by atoms with Gasteiger partial charge in [0.1, 0.15) is 0 Å². The Kier molecular flexibility index (Phi) is 3.39. The first-order valence-electron chi connectivity index (χ1n) is 3.26. The molecule has 4 N–H and O–H groups in total. The molecule has 8 heteroatoms. The average molecular weight is 214 g/mol. The normalized spacial score (nSPS) is 17.0. The summed E-state index contributed by atoms with van der Waals surface area (Å²) in [6, 6.07) is 0. The van der Waals surface area contributed by atoms with Gasteiger partial charge in [-0.25, -0.2) is 0 Å². The molecule has 0 aliphatic heterocycles. The Morgan fingerprint density at radius 1 is 1.46 bits per heavy atom. The summed E-state index contributed by atoms with van der Waals surface area (Å²) in [4.78, 5) is 10.5. The fourth-order valence-electron chi connectivity index (χ4n) is 0.870. The van der Waals surface area contributed by atoms with Crippen molar-refractivity contribution in [1.82, 2.24) is 0 Å². The van der Waals surface area contributed by atoms with Gasteiger partial charge in [0.25, 0.3) is 10.1 Å². The Morgan fingerprint density at radius 3 is 1.85 bits per heavy atom. The second kappa shape index (κ2) is 3.58. The van der Waals surface area contributed by atoms with Gasteiger partial charge in [0.2, 0.25) is 4.75 Å². The molecule has 0 radical (unpaired) electrons. The number of aliphatic carboxylic acids is 1. The van der Waals surface area contributed by atoms with Gasteiger partial charge in [-0.1, -0.05) is 6.92 Å². The molecule has 0 saturated carbocycles. The molecule has 0 bridgehead atoms. The van der Waals surface area contributed by atoms with Crippen molar-refractivity contribution >= 4 is 16.1 Å². The Hall–Kier alpha value is -0.700. The number of carboxylic acid groups (broad SMARTS) is 1. The highest BCUT2D eigenvalue weighted by atomic mass is 32.2. The van der Waals surface area contributed by atoms with E-state index in [1.54, 1.807) is 0 Å². The summed E-state index contributed by atoms with van der Waals surface area (Å²) in [6.45, 7) is 1.10. The summed E-state index contributed by atoms with van der Waals surface area (Å²) in [5, 5.41) is 25.7. The van der Waals surface area contributed by atoms with E-state index in [1.165, 1.54) is 0 Å². The molecule has 0 heterocycles.